The first-order valence-corrected chi connectivity index (χ1v) is 6.91. The Bertz CT molecular complexity index is 468. The summed E-state index contributed by atoms with van der Waals surface area (Å²) in [4.78, 5) is 13.5. The van der Waals surface area contributed by atoms with Gasteiger partial charge in [0.15, 0.2) is 0 Å². The summed E-state index contributed by atoms with van der Waals surface area (Å²) in [7, 11) is 0. The topological polar surface area (TPSA) is 49.3 Å². The molecule has 1 aromatic heterocycles. The number of rotatable bonds is 4. The lowest BCUT2D eigenvalue weighted by Gasteiger charge is -2.09. The van der Waals surface area contributed by atoms with Crippen molar-refractivity contribution in [3.8, 4) is 11.8 Å². The molecule has 0 aliphatic carbocycles. The lowest BCUT2D eigenvalue weighted by atomic mass is 10.2. The van der Waals surface area contributed by atoms with Crippen molar-refractivity contribution in [3.63, 3.8) is 0 Å². The van der Waals surface area contributed by atoms with E-state index < -0.39 is 0 Å². The van der Waals surface area contributed by atoms with Gasteiger partial charge in [0.2, 0.25) is 0 Å². The Morgan fingerprint density at radius 3 is 2.94 bits per heavy atom. The third-order valence-corrected chi connectivity index (χ3v) is 3.72. The quantitative estimate of drug-likeness (QED) is 0.821. The van der Waals surface area contributed by atoms with E-state index in [-0.39, 0.29) is 18.6 Å². The first kappa shape index (κ1) is 14.7. The van der Waals surface area contributed by atoms with Gasteiger partial charge in [0, 0.05) is 12.5 Å². The summed E-state index contributed by atoms with van der Waals surface area (Å²) >= 11 is 1.40. The molecule has 0 spiro atoms. The van der Waals surface area contributed by atoms with Gasteiger partial charge in [0.05, 0.1) is 16.4 Å². The van der Waals surface area contributed by atoms with E-state index in [1.54, 1.807) is 0 Å². The number of aliphatic hydroxyl groups is 1. The third kappa shape index (κ3) is 4.17. The molecule has 0 saturated carbocycles. The average Bonchev–Trinajstić information content (AvgIpc) is 2.71. The molecule has 1 unspecified atom stereocenters. The van der Waals surface area contributed by atoms with Gasteiger partial charge in [-0.3, -0.25) is 4.79 Å². The fourth-order valence-corrected chi connectivity index (χ4v) is 2.26. The summed E-state index contributed by atoms with van der Waals surface area (Å²) in [5.41, 5.74) is 1.01. The van der Waals surface area contributed by atoms with E-state index in [0.29, 0.717) is 11.3 Å². The van der Waals surface area contributed by atoms with E-state index in [1.807, 2.05) is 26.8 Å². The largest absolute Gasteiger partial charge is 0.395 e. The number of nitrogens with one attached hydrogen (secondary N) is 1. The minimum Gasteiger partial charge on any atom is -0.395 e. The Morgan fingerprint density at radius 1 is 1.61 bits per heavy atom. The maximum atomic E-state index is 11.9. The number of thiophene rings is 1. The fourth-order valence-electron chi connectivity index (χ4n) is 1.31. The Morgan fingerprint density at radius 2 is 2.33 bits per heavy atom. The van der Waals surface area contributed by atoms with Crippen molar-refractivity contribution in [2.45, 2.75) is 39.7 Å². The second kappa shape index (κ2) is 7.20. The average molecular weight is 265 g/mol. The maximum Gasteiger partial charge on any atom is 0.261 e. The molecule has 0 aliphatic heterocycles. The first-order chi connectivity index (χ1) is 8.58. The van der Waals surface area contributed by atoms with Gasteiger partial charge in [-0.1, -0.05) is 18.8 Å². The highest BCUT2D eigenvalue weighted by atomic mass is 32.1. The molecule has 0 aliphatic rings. The van der Waals surface area contributed by atoms with Gasteiger partial charge in [-0.25, -0.2) is 0 Å². The summed E-state index contributed by atoms with van der Waals surface area (Å²) < 4.78 is 0. The molecular formula is C14H19NO2S. The van der Waals surface area contributed by atoms with E-state index in [4.69, 9.17) is 5.11 Å². The molecule has 0 saturated heterocycles. The maximum absolute atomic E-state index is 11.9. The molecule has 98 valence electrons. The van der Waals surface area contributed by atoms with Crippen LogP contribution in [0.25, 0.3) is 0 Å². The molecule has 1 aromatic rings. The molecule has 1 rings (SSSR count). The standard InChI is InChI=1S/C14H19NO2S/c1-4-11(3)15-14(17)13-9-10(2)12(18-13)7-5-6-8-16/h9,11,16H,4,6,8H2,1-3H3,(H,15,17). The normalized spacial score (nSPS) is 11.6. The second-order valence-electron chi connectivity index (χ2n) is 4.18. The number of aryl methyl sites for hydroxylation is 1. The Kier molecular flexibility index (Phi) is 5.90. The Balaban J connectivity index is 2.78. The fraction of sp³-hybridized carbons (Fsp3) is 0.500. The molecule has 0 fully saturated rings. The monoisotopic (exact) mass is 265 g/mol. The zero-order valence-electron chi connectivity index (χ0n) is 11.0. The summed E-state index contributed by atoms with van der Waals surface area (Å²) in [5.74, 6) is 5.83. The molecular weight excluding hydrogens is 246 g/mol. The smallest absolute Gasteiger partial charge is 0.261 e. The number of amides is 1. The summed E-state index contributed by atoms with van der Waals surface area (Å²) in [5, 5.41) is 11.6. The minimum absolute atomic E-state index is 0.0346. The first-order valence-electron chi connectivity index (χ1n) is 6.09. The van der Waals surface area contributed by atoms with Gasteiger partial charge in [-0.15, -0.1) is 11.3 Å². The molecule has 0 radical (unpaired) electrons. The number of hydrogen-bond donors (Lipinski definition) is 2. The summed E-state index contributed by atoms with van der Waals surface area (Å²) in [6.07, 6.45) is 1.38. The highest BCUT2D eigenvalue weighted by Crippen LogP contribution is 2.21. The van der Waals surface area contributed by atoms with Crippen LogP contribution in [0.3, 0.4) is 0 Å². The van der Waals surface area contributed by atoms with Gasteiger partial charge in [-0.2, -0.15) is 0 Å². The van der Waals surface area contributed by atoms with Crippen LogP contribution in [-0.4, -0.2) is 23.7 Å². The van der Waals surface area contributed by atoms with Crippen molar-refractivity contribution >= 4 is 17.2 Å². The van der Waals surface area contributed by atoms with Crippen molar-refractivity contribution < 1.29 is 9.90 Å². The van der Waals surface area contributed by atoms with E-state index in [1.165, 1.54) is 11.3 Å². The van der Waals surface area contributed by atoms with Gasteiger partial charge in [-0.05, 0) is 31.9 Å². The molecule has 1 heterocycles. The number of carbonyl (C=O) groups excluding carboxylic acids is 1. The highest BCUT2D eigenvalue weighted by molar-refractivity contribution is 7.14. The molecule has 1 atom stereocenters. The number of hydrogen-bond acceptors (Lipinski definition) is 3. The lowest BCUT2D eigenvalue weighted by molar-refractivity contribution is 0.0943. The van der Waals surface area contributed by atoms with Crippen molar-refractivity contribution in [2.24, 2.45) is 0 Å². The minimum atomic E-state index is -0.0346. The summed E-state index contributed by atoms with van der Waals surface area (Å²) in [6, 6.07) is 2.05. The third-order valence-electron chi connectivity index (χ3n) is 2.57. The highest BCUT2D eigenvalue weighted by Gasteiger charge is 2.12. The van der Waals surface area contributed by atoms with Gasteiger partial charge in [0.1, 0.15) is 0 Å². The van der Waals surface area contributed by atoms with Crippen LogP contribution in [-0.2, 0) is 0 Å². The SMILES string of the molecule is CCC(C)NC(=O)c1cc(C)c(C#CCCO)s1. The number of carbonyl (C=O) groups is 1. The molecule has 0 aromatic carbocycles. The van der Waals surface area contributed by atoms with Crippen molar-refractivity contribution in [1.29, 1.82) is 0 Å². The lowest BCUT2D eigenvalue weighted by Crippen LogP contribution is -2.31. The van der Waals surface area contributed by atoms with Crippen LogP contribution in [0.4, 0.5) is 0 Å². The molecule has 2 N–H and O–H groups in total. The predicted octanol–water partition coefficient (Wildman–Crippen LogP) is 2.32. The molecule has 3 nitrogen and oxygen atoms in total. The van der Waals surface area contributed by atoms with Crippen LogP contribution >= 0.6 is 11.3 Å². The predicted molar refractivity (Wildman–Crippen MR) is 74.9 cm³/mol. The Hall–Kier alpha value is -1.31. The van der Waals surface area contributed by atoms with E-state index in [2.05, 4.69) is 17.2 Å². The van der Waals surface area contributed by atoms with E-state index in [0.717, 1.165) is 16.9 Å². The zero-order valence-corrected chi connectivity index (χ0v) is 11.9. The van der Waals surface area contributed by atoms with Crippen LogP contribution in [0.15, 0.2) is 6.07 Å². The molecule has 0 bridgehead atoms. The van der Waals surface area contributed by atoms with Gasteiger partial charge in [0.25, 0.3) is 5.91 Å². The second-order valence-corrected chi connectivity index (χ2v) is 5.23. The van der Waals surface area contributed by atoms with Crippen molar-refractivity contribution in [3.05, 3.63) is 21.4 Å². The van der Waals surface area contributed by atoms with Crippen molar-refractivity contribution in [2.75, 3.05) is 6.61 Å². The van der Waals surface area contributed by atoms with Crippen LogP contribution < -0.4 is 5.32 Å². The molecule has 4 heteroatoms. The Labute approximate surface area is 112 Å². The summed E-state index contributed by atoms with van der Waals surface area (Å²) in [6.45, 7) is 6.04. The van der Waals surface area contributed by atoms with E-state index >= 15 is 0 Å². The molecule has 18 heavy (non-hydrogen) atoms. The molecule has 1 amide bonds. The van der Waals surface area contributed by atoms with Crippen LogP contribution in [0, 0.1) is 18.8 Å². The number of aliphatic hydroxyl groups excluding tert-OH is 1. The van der Waals surface area contributed by atoms with Gasteiger partial charge >= 0.3 is 0 Å². The van der Waals surface area contributed by atoms with Crippen LogP contribution in [0.2, 0.25) is 0 Å². The zero-order chi connectivity index (χ0) is 13.5. The van der Waals surface area contributed by atoms with Crippen LogP contribution in [0.1, 0.15) is 46.8 Å². The van der Waals surface area contributed by atoms with E-state index in [9.17, 15) is 4.79 Å². The van der Waals surface area contributed by atoms with Gasteiger partial charge < -0.3 is 10.4 Å². The van der Waals surface area contributed by atoms with Crippen molar-refractivity contribution in [1.82, 2.24) is 5.32 Å². The van der Waals surface area contributed by atoms with Crippen LogP contribution in [0.5, 0.6) is 0 Å².